The van der Waals surface area contributed by atoms with Gasteiger partial charge in [-0.2, -0.15) is 0 Å². The lowest BCUT2D eigenvalue weighted by Crippen LogP contribution is -2.01. The van der Waals surface area contributed by atoms with Gasteiger partial charge in [0, 0.05) is 5.56 Å². The molecule has 100 valence electrons. The highest BCUT2D eigenvalue weighted by Gasteiger charge is 2.08. The number of aryl methyl sites for hydroxylation is 2. The van der Waals surface area contributed by atoms with Crippen molar-refractivity contribution in [3.63, 3.8) is 0 Å². The molecule has 0 heterocycles. The molecule has 0 aliphatic heterocycles. The highest BCUT2D eigenvalue weighted by atomic mass is 16.5. The average molecular weight is 256 g/mol. The van der Waals surface area contributed by atoms with E-state index in [4.69, 9.17) is 4.74 Å². The van der Waals surface area contributed by atoms with Crippen molar-refractivity contribution in [3.05, 3.63) is 64.7 Å². The maximum Gasteiger partial charge on any atom is 0.125 e. The number of benzene rings is 2. The van der Waals surface area contributed by atoms with Crippen LogP contribution in [0.3, 0.4) is 0 Å². The first kappa shape index (κ1) is 13.6. The van der Waals surface area contributed by atoms with Crippen LogP contribution >= 0.6 is 0 Å². The molecule has 0 bridgehead atoms. The summed E-state index contributed by atoms with van der Waals surface area (Å²) < 4.78 is 5.83. The zero-order chi connectivity index (χ0) is 13.8. The normalized spacial score (nSPS) is 12.2. The summed E-state index contributed by atoms with van der Waals surface area (Å²) in [6, 6.07) is 14.0. The number of hydrogen-bond acceptors (Lipinski definition) is 2. The van der Waals surface area contributed by atoms with Crippen molar-refractivity contribution >= 4 is 0 Å². The van der Waals surface area contributed by atoms with Gasteiger partial charge in [-0.15, -0.1) is 0 Å². The van der Waals surface area contributed by atoms with E-state index in [0.717, 1.165) is 16.9 Å². The Bertz CT molecular complexity index is 539. The van der Waals surface area contributed by atoms with Crippen molar-refractivity contribution in [2.24, 2.45) is 0 Å². The smallest absolute Gasteiger partial charge is 0.125 e. The molecule has 0 spiro atoms. The van der Waals surface area contributed by atoms with Crippen molar-refractivity contribution in [2.45, 2.75) is 33.5 Å². The molecule has 0 aromatic heterocycles. The van der Waals surface area contributed by atoms with Gasteiger partial charge in [-0.05, 0) is 32.4 Å². The van der Waals surface area contributed by atoms with Crippen molar-refractivity contribution in [1.82, 2.24) is 0 Å². The molecule has 0 saturated carbocycles. The van der Waals surface area contributed by atoms with Crippen LogP contribution in [0.15, 0.2) is 42.5 Å². The molecule has 2 aromatic rings. The molecule has 2 heteroatoms. The number of hydrogen-bond donors (Lipinski definition) is 1. The van der Waals surface area contributed by atoms with Crippen LogP contribution in [0.2, 0.25) is 0 Å². The van der Waals surface area contributed by atoms with Crippen LogP contribution in [-0.4, -0.2) is 5.11 Å². The summed E-state index contributed by atoms with van der Waals surface area (Å²) in [6.07, 6.45) is -0.518. The molecule has 2 aromatic carbocycles. The topological polar surface area (TPSA) is 29.5 Å². The first-order valence-corrected chi connectivity index (χ1v) is 6.53. The highest BCUT2D eigenvalue weighted by molar-refractivity contribution is 5.35. The lowest BCUT2D eigenvalue weighted by Gasteiger charge is -2.13. The zero-order valence-electron chi connectivity index (χ0n) is 11.7. The standard InChI is InChI=1S/C17H20O2/c1-12-8-13(2)10-15(9-12)11-19-17-7-5-4-6-16(17)14(3)18/h4-10,14,18H,11H2,1-3H3/t14-/m0/s1. The van der Waals surface area contributed by atoms with Gasteiger partial charge in [-0.1, -0.05) is 47.5 Å². The Morgan fingerprint density at radius 3 is 2.32 bits per heavy atom. The predicted molar refractivity (Wildman–Crippen MR) is 77.3 cm³/mol. The third-order valence-corrected chi connectivity index (χ3v) is 3.04. The molecular weight excluding hydrogens is 236 g/mol. The molecule has 0 unspecified atom stereocenters. The number of para-hydroxylation sites is 1. The van der Waals surface area contributed by atoms with Crippen LogP contribution in [0.5, 0.6) is 5.75 Å². The van der Waals surface area contributed by atoms with Crippen molar-refractivity contribution in [1.29, 1.82) is 0 Å². The fourth-order valence-corrected chi connectivity index (χ4v) is 2.27. The van der Waals surface area contributed by atoms with Crippen LogP contribution in [0, 0.1) is 13.8 Å². The predicted octanol–water partition coefficient (Wildman–Crippen LogP) is 3.94. The SMILES string of the molecule is Cc1cc(C)cc(COc2ccccc2[C@H](C)O)c1. The van der Waals surface area contributed by atoms with Gasteiger partial charge in [0.05, 0.1) is 6.10 Å². The molecule has 2 rings (SSSR count). The van der Waals surface area contributed by atoms with E-state index < -0.39 is 6.10 Å². The molecule has 19 heavy (non-hydrogen) atoms. The maximum atomic E-state index is 9.71. The Morgan fingerprint density at radius 1 is 1.05 bits per heavy atom. The van der Waals surface area contributed by atoms with E-state index in [1.807, 2.05) is 24.3 Å². The number of aliphatic hydroxyl groups excluding tert-OH is 1. The first-order valence-electron chi connectivity index (χ1n) is 6.53. The van der Waals surface area contributed by atoms with Crippen molar-refractivity contribution < 1.29 is 9.84 Å². The fourth-order valence-electron chi connectivity index (χ4n) is 2.27. The summed E-state index contributed by atoms with van der Waals surface area (Å²) in [5.74, 6) is 0.747. The Kier molecular flexibility index (Phi) is 4.23. The highest BCUT2D eigenvalue weighted by Crippen LogP contribution is 2.25. The summed E-state index contributed by atoms with van der Waals surface area (Å²) in [7, 11) is 0. The van der Waals surface area contributed by atoms with Gasteiger partial charge in [0.1, 0.15) is 12.4 Å². The minimum atomic E-state index is -0.518. The van der Waals surface area contributed by atoms with Gasteiger partial charge < -0.3 is 9.84 Å². The second-order valence-electron chi connectivity index (χ2n) is 5.00. The van der Waals surface area contributed by atoms with Crippen molar-refractivity contribution in [2.75, 3.05) is 0 Å². The monoisotopic (exact) mass is 256 g/mol. The van der Waals surface area contributed by atoms with E-state index in [1.54, 1.807) is 6.92 Å². The van der Waals surface area contributed by atoms with Crippen LogP contribution in [0.4, 0.5) is 0 Å². The molecule has 1 atom stereocenters. The van der Waals surface area contributed by atoms with Gasteiger partial charge in [0.15, 0.2) is 0 Å². The van der Waals surface area contributed by atoms with Crippen LogP contribution in [-0.2, 0) is 6.61 Å². The Hall–Kier alpha value is -1.80. The fraction of sp³-hybridized carbons (Fsp3) is 0.294. The molecule has 0 aliphatic rings. The summed E-state index contributed by atoms with van der Waals surface area (Å²) in [6.45, 7) is 6.44. The van der Waals surface area contributed by atoms with Crippen LogP contribution in [0.1, 0.15) is 35.3 Å². The summed E-state index contributed by atoms with van der Waals surface area (Å²) in [5, 5.41) is 9.71. The van der Waals surface area contributed by atoms with Gasteiger partial charge in [-0.25, -0.2) is 0 Å². The molecule has 0 amide bonds. The molecule has 0 saturated heterocycles. The van der Waals surface area contributed by atoms with E-state index >= 15 is 0 Å². The molecular formula is C17H20O2. The third kappa shape index (κ3) is 3.58. The van der Waals surface area contributed by atoms with Gasteiger partial charge in [-0.3, -0.25) is 0 Å². The molecule has 0 fully saturated rings. The largest absolute Gasteiger partial charge is 0.489 e. The van der Waals surface area contributed by atoms with E-state index in [2.05, 4.69) is 32.0 Å². The lowest BCUT2D eigenvalue weighted by atomic mass is 10.1. The van der Waals surface area contributed by atoms with E-state index in [9.17, 15) is 5.11 Å². The molecule has 1 N–H and O–H groups in total. The number of ether oxygens (including phenoxy) is 1. The molecule has 0 aliphatic carbocycles. The van der Waals surface area contributed by atoms with E-state index in [-0.39, 0.29) is 0 Å². The number of rotatable bonds is 4. The maximum absolute atomic E-state index is 9.71. The van der Waals surface area contributed by atoms with Gasteiger partial charge in [0.2, 0.25) is 0 Å². The number of aliphatic hydroxyl groups is 1. The van der Waals surface area contributed by atoms with E-state index in [1.165, 1.54) is 11.1 Å². The molecule has 2 nitrogen and oxygen atoms in total. The van der Waals surface area contributed by atoms with Crippen LogP contribution < -0.4 is 4.74 Å². The minimum absolute atomic E-state index is 0.518. The second-order valence-corrected chi connectivity index (χ2v) is 5.00. The Labute approximate surface area is 114 Å². The third-order valence-electron chi connectivity index (χ3n) is 3.04. The van der Waals surface area contributed by atoms with Gasteiger partial charge >= 0.3 is 0 Å². The molecule has 0 radical (unpaired) electrons. The second kappa shape index (κ2) is 5.89. The Morgan fingerprint density at radius 2 is 1.68 bits per heavy atom. The first-order chi connectivity index (χ1) is 9.06. The summed E-state index contributed by atoms with van der Waals surface area (Å²) in [4.78, 5) is 0. The van der Waals surface area contributed by atoms with Crippen LogP contribution in [0.25, 0.3) is 0 Å². The van der Waals surface area contributed by atoms with Crippen molar-refractivity contribution in [3.8, 4) is 5.75 Å². The summed E-state index contributed by atoms with van der Waals surface area (Å²) >= 11 is 0. The Balaban J connectivity index is 2.14. The van der Waals surface area contributed by atoms with E-state index in [0.29, 0.717) is 6.61 Å². The summed E-state index contributed by atoms with van der Waals surface area (Å²) in [5.41, 5.74) is 4.45. The van der Waals surface area contributed by atoms with Gasteiger partial charge in [0.25, 0.3) is 0 Å². The minimum Gasteiger partial charge on any atom is -0.489 e. The average Bonchev–Trinajstić information content (AvgIpc) is 2.35. The zero-order valence-corrected chi connectivity index (χ0v) is 11.7. The lowest BCUT2D eigenvalue weighted by molar-refractivity contribution is 0.190. The quantitative estimate of drug-likeness (QED) is 0.898.